The SMILES string of the molecule is OCc1csc(N2C[C@@H]3[C@@H]4CC[C@@H](C4)[C@@H]3C2)n1. The molecule has 17 heavy (non-hydrogen) atoms. The Labute approximate surface area is 105 Å². The van der Waals surface area contributed by atoms with Gasteiger partial charge in [0.05, 0.1) is 12.3 Å². The molecule has 2 heterocycles. The fraction of sp³-hybridized carbons (Fsp3) is 0.769. The van der Waals surface area contributed by atoms with Crippen LogP contribution in [0.4, 0.5) is 5.13 Å². The van der Waals surface area contributed by atoms with Crippen molar-refractivity contribution < 1.29 is 5.11 Å². The number of anilines is 1. The van der Waals surface area contributed by atoms with Gasteiger partial charge in [0.1, 0.15) is 0 Å². The lowest BCUT2D eigenvalue weighted by Gasteiger charge is -2.22. The maximum Gasteiger partial charge on any atom is 0.185 e. The minimum atomic E-state index is 0.0719. The monoisotopic (exact) mass is 250 g/mol. The Hall–Kier alpha value is -0.610. The van der Waals surface area contributed by atoms with Crippen LogP contribution in [-0.4, -0.2) is 23.2 Å². The molecule has 0 unspecified atom stereocenters. The lowest BCUT2D eigenvalue weighted by atomic mass is 9.82. The molecule has 0 spiro atoms. The summed E-state index contributed by atoms with van der Waals surface area (Å²) >= 11 is 1.69. The van der Waals surface area contributed by atoms with Crippen LogP contribution in [0.15, 0.2) is 5.38 Å². The third-order valence-corrected chi connectivity index (χ3v) is 6.06. The van der Waals surface area contributed by atoms with Crippen LogP contribution in [-0.2, 0) is 6.61 Å². The molecular formula is C13H18N2OS. The Morgan fingerprint density at radius 2 is 2.00 bits per heavy atom. The molecule has 1 N–H and O–H groups in total. The second-order valence-corrected chi connectivity index (χ2v) is 6.68. The molecule has 1 aliphatic heterocycles. The van der Waals surface area contributed by atoms with E-state index in [0.29, 0.717) is 0 Å². The van der Waals surface area contributed by atoms with E-state index in [0.717, 1.165) is 34.5 Å². The molecule has 1 aromatic heterocycles. The van der Waals surface area contributed by atoms with E-state index < -0.39 is 0 Å². The first-order valence-corrected chi connectivity index (χ1v) is 7.53. The van der Waals surface area contributed by atoms with Gasteiger partial charge in [-0.25, -0.2) is 4.98 Å². The van der Waals surface area contributed by atoms with Gasteiger partial charge in [-0.05, 0) is 42.9 Å². The van der Waals surface area contributed by atoms with Crippen molar-refractivity contribution >= 4 is 16.5 Å². The number of aromatic nitrogens is 1. The zero-order valence-corrected chi connectivity index (χ0v) is 10.7. The third-order valence-electron chi connectivity index (χ3n) is 5.11. The van der Waals surface area contributed by atoms with Crippen LogP contribution in [0.3, 0.4) is 0 Å². The van der Waals surface area contributed by atoms with E-state index in [1.807, 2.05) is 5.38 Å². The van der Waals surface area contributed by atoms with Crippen molar-refractivity contribution in [1.82, 2.24) is 4.98 Å². The van der Waals surface area contributed by atoms with Gasteiger partial charge in [0.2, 0.25) is 0 Å². The summed E-state index contributed by atoms with van der Waals surface area (Å²) in [4.78, 5) is 6.96. The van der Waals surface area contributed by atoms with Crippen LogP contribution in [0.5, 0.6) is 0 Å². The maximum absolute atomic E-state index is 9.07. The average molecular weight is 250 g/mol. The van der Waals surface area contributed by atoms with Crippen LogP contribution >= 0.6 is 11.3 Å². The lowest BCUT2D eigenvalue weighted by molar-refractivity contribution is 0.277. The van der Waals surface area contributed by atoms with Crippen molar-refractivity contribution in [3.8, 4) is 0 Å². The predicted octanol–water partition coefficient (Wildman–Crippen LogP) is 2.12. The van der Waals surface area contributed by atoms with E-state index in [-0.39, 0.29) is 6.61 Å². The first-order chi connectivity index (χ1) is 8.35. The highest BCUT2D eigenvalue weighted by Crippen LogP contribution is 2.55. The lowest BCUT2D eigenvalue weighted by Crippen LogP contribution is -2.21. The highest BCUT2D eigenvalue weighted by molar-refractivity contribution is 7.13. The molecule has 2 aliphatic carbocycles. The summed E-state index contributed by atoms with van der Waals surface area (Å²) in [6.45, 7) is 2.50. The van der Waals surface area contributed by atoms with Gasteiger partial charge in [0.25, 0.3) is 0 Å². The molecule has 4 heteroatoms. The molecule has 4 atom stereocenters. The van der Waals surface area contributed by atoms with E-state index >= 15 is 0 Å². The van der Waals surface area contributed by atoms with Gasteiger partial charge in [-0.2, -0.15) is 0 Å². The van der Waals surface area contributed by atoms with Gasteiger partial charge in [-0.1, -0.05) is 0 Å². The first kappa shape index (κ1) is 10.3. The molecule has 1 aromatic rings. The Morgan fingerprint density at radius 1 is 1.29 bits per heavy atom. The quantitative estimate of drug-likeness (QED) is 0.873. The van der Waals surface area contributed by atoms with Gasteiger partial charge >= 0.3 is 0 Å². The number of fused-ring (bicyclic) bond motifs is 5. The molecule has 0 radical (unpaired) electrons. The highest BCUT2D eigenvalue weighted by atomic mass is 32.1. The summed E-state index contributed by atoms with van der Waals surface area (Å²) in [5.74, 6) is 3.89. The summed E-state index contributed by atoms with van der Waals surface area (Å²) in [6, 6.07) is 0. The van der Waals surface area contributed by atoms with Crippen LogP contribution in [0.2, 0.25) is 0 Å². The van der Waals surface area contributed by atoms with E-state index in [1.54, 1.807) is 11.3 Å². The summed E-state index contributed by atoms with van der Waals surface area (Å²) in [7, 11) is 0. The summed E-state index contributed by atoms with van der Waals surface area (Å²) in [5.41, 5.74) is 0.824. The fourth-order valence-electron chi connectivity index (χ4n) is 4.35. The summed E-state index contributed by atoms with van der Waals surface area (Å²) < 4.78 is 0. The number of thiazole rings is 1. The molecule has 0 amide bonds. The average Bonchev–Trinajstić information content (AvgIpc) is 3.10. The normalized spacial score (nSPS) is 39.0. The molecule has 4 rings (SSSR count). The van der Waals surface area contributed by atoms with Crippen molar-refractivity contribution in [3.63, 3.8) is 0 Å². The number of rotatable bonds is 2. The smallest absolute Gasteiger partial charge is 0.185 e. The topological polar surface area (TPSA) is 36.4 Å². The molecule has 2 saturated carbocycles. The van der Waals surface area contributed by atoms with Crippen molar-refractivity contribution in [3.05, 3.63) is 11.1 Å². The Morgan fingerprint density at radius 3 is 2.59 bits per heavy atom. The van der Waals surface area contributed by atoms with E-state index in [2.05, 4.69) is 9.88 Å². The minimum absolute atomic E-state index is 0.0719. The number of hydrogen-bond donors (Lipinski definition) is 1. The second-order valence-electron chi connectivity index (χ2n) is 5.85. The van der Waals surface area contributed by atoms with Crippen molar-refractivity contribution in [2.75, 3.05) is 18.0 Å². The van der Waals surface area contributed by atoms with E-state index in [4.69, 9.17) is 5.11 Å². The maximum atomic E-state index is 9.07. The second kappa shape index (κ2) is 3.69. The first-order valence-electron chi connectivity index (χ1n) is 6.65. The Kier molecular flexibility index (Phi) is 2.24. The predicted molar refractivity (Wildman–Crippen MR) is 68.1 cm³/mol. The van der Waals surface area contributed by atoms with Crippen molar-refractivity contribution in [2.24, 2.45) is 23.7 Å². The van der Waals surface area contributed by atoms with E-state index in [9.17, 15) is 0 Å². The Balaban J connectivity index is 1.55. The third kappa shape index (κ3) is 1.47. The molecular weight excluding hydrogens is 232 g/mol. The van der Waals surface area contributed by atoms with Crippen LogP contribution in [0, 0.1) is 23.7 Å². The summed E-state index contributed by atoms with van der Waals surface area (Å²) in [6.07, 6.45) is 4.45. The highest BCUT2D eigenvalue weighted by Gasteiger charge is 2.51. The molecule has 3 aliphatic rings. The van der Waals surface area contributed by atoms with Gasteiger partial charge in [-0.15, -0.1) is 11.3 Å². The standard InChI is InChI=1S/C13H18N2OS/c16-6-10-7-17-13(14-10)15-4-11-8-1-2-9(3-8)12(11)5-15/h7-9,11-12,16H,1-6H2/t8-,9+,11-,12+. The van der Waals surface area contributed by atoms with Crippen molar-refractivity contribution in [2.45, 2.75) is 25.9 Å². The number of hydrogen-bond acceptors (Lipinski definition) is 4. The minimum Gasteiger partial charge on any atom is -0.390 e. The van der Waals surface area contributed by atoms with Gasteiger partial charge in [0, 0.05) is 18.5 Å². The number of aliphatic hydroxyl groups excluding tert-OH is 1. The van der Waals surface area contributed by atoms with Crippen LogP contribution in [0.1, 0.15) is 25.0 Å². The van der Waals surface area contributed by atoms with Gasteiger partial charge < -0.3 is 10.0 Å². The molecule has 1 saturated heterocycles. The number of aliphatic hydroxyl groups is 1. The molecule has 0 aromatic carbocycles. The largest absolute Gasteiger partial charge is 0.390 e. The fourth-order valence-corrected chi connectivity index (χ4v) is 5.19. The van der Waals surface area contributed by atoms with E-state index in [1.165, 1.54) is 32.4 Å². The molecule has 3 fully saturated rings. The van der Waals surface area contributed by atoms with Crippen LogP contribution in [0.25, 0.3) is 0 Å². The van der Waals surface area contributed by atoms with Crippen LogP contribution < -0.4 is 4.90 Å². The van der Waals surface area contributed by atoms with Gasteiger partial charge in [0.15, 0.2) is 5.13 Å². The molecule has 3 nitrogen and oxygen atoms in total. The zero-order valence-electron chi connectivity index (χ0n) is 9.88. The Bertz CT molecular complexity index is 415. The summed E-state index contributed by atoms with van der Waals surface area (Å²) in [5, 5.41) is 12.2. The zero-order chi connectivity index (χ0) is 11.4. The van der Waals surface area contributed by atoms with Gasteiger partial charge in [-0.3, -0.25) is 0 Å². The molecule has 92 valence electrons. The van der Waals surface area contributed by atoms with Crippen molar-refractivity contribution in [1.29, 1.82) is 0 Å². The molecule has 2 bridgehead atoms. The number of nitrogens with zero attached hydrogens (tertiary/aromatic N) is 2.